The normalized spacial score (nSPS) is 11.1. The number of aromatic nitrogens is 2. The second kappa shape index (κ2) is 5.08. The molecule has 0 amide bonds. The van der Waals surface area contributed by atoms with E-state index in [9.17, 15) is 0 Å². The molecule has 0 fully saturated rings. The van der Waals surface area contributed by atoms with Gasteiger partial charge in [-0.25, -0.2) is 4.98 Å². The first-order valence-electron chi connectivity index (χ1n) is 5.74. The van der Waals surface area contributed by atoms with Crippen molar-refractivity contribution in [1.82, 2.24) is 9.55 Å². The van der Waals surface area contributed by atoms with Crippen molar-refractivity contribution in [2.24, 2.45) is 0 Å². The summed E-state index contributed by atoms with van der Waals surface area (Å²) in [5.74, 6) is 0. The van der Waals surface area contributed by atoms with E-state index in [0.717, 1.165) is 16.6 Å². The Kier molecular flexibility index (Phi) is 3.44. The van der Waals surface area contributed by atoms with Crippen LogP contribution in [0.1, 0.15) is 5.56 Å². The van der Waals surface area contributed by atoms with E-state index in [1.165, 1.54) is 0 Å². The van der Waals surface area contributed by atoms with Crippen molar-refractivity contribution in [3.63, 3.8) is 0 Å². The first kappa shape index (κ1) is 12.9. The summed E-state index contributed by atoms with van der Waals surface area (Å²) in [7, 11) is 0. The predicted octanol–water partition coefficient (Wildman–Crippen LogP) is 4.68. The fourth-order valence-electron chi connectivity index (χ4n) is 2.06. The van der Waals surface area contributed by atoms with E-state index in [2.05, 4.69) is 17.6 Å². The second-order valence-corrected chi connectivity index (χ2v) is 5.40. The van der Waals surface area contributed by atoms with Gasteiger partial charge in [0.25, 0.3) is 0 Å². The number of rotatable bonds is 2. The third-order valence-corrected chi connectivity index (χ3v) is 4.06. The van der Waals surface area contributed by atoms with Gasteiger partial charge in [0.1, 0.15) is 0 Å². The van der Waals surface area contributed by atoms with Crippen LogP contribution in [0.5, 0.6) is 0 Å². The number of hydrogen-bond acceptors (Lipinski definition) is 2. The summed E-state index contributed by atoms with van der Waals surface area (Å²) < 4.78 is 1.99. The van der Waals surface area contributed by atoms with Gasteiger partial charge in [-0.1, -0.05) is 41.4 Å². The quantitative estimate of drug-likeness (QED) is 0.681. The second-order valence-electron chi connectivity index (χ2n) is 4.19. The molecule has 0 unspecified atom stereocenters. The molecule has 0 radical (unpaired) electrons. The van der Waals surface area contributed by atoms with E-state index in [1.807, 2.05) is 47.0 Å². The van der Waals surface area contributed by atoms with Crippen LogP contribution in [0.2, 0.25) is 10.0 Å². The first-order valence-corrected chi connectivity index (χ1v) is 6.94. The Labute approximate surface area is 126 Å². The molecule has 0 spiro atoms. The number of halogens is 2. The summed E-state index contributed by atoms with van der Waals surface area (Å²) in [5, 5.41) is 1.95. The molecule has 2 nitrogen and oxygen atoms in total. The van der Waals surface area contributed by atoms with E-state index in [1.54, 1.807) is 0 Å². The number of hydrogen-bond donors (Lipinski definition) is 1. The highest BCUT2D eigenvalue weighted by Crippen LogP contribution is 2.28. The van der Waals surface area contributed by atoms with Crippen LogP contribution < -0.4 is 0 Å². The van der Waals surface area contributed by atoms with Gasteiger partial charge in [-0.3, -0.25) is 0 Å². The van der Waals surface area contributed by atoms with Gasteiger partial charge in [-0.15, -0.1) is 12.6 Å². The van der Waals surface area contributed by atoms with E-state index in [-0.39, 0.29) is 0 Å². The Morgan fingerprint density at radius 3 is 2.42 bits per heavy atom. The molecule has 0 saturated carbocycles. The van der Waals surface area contributed by atoms with Crippen molar-refractivity contribution < 1.29 is 0 Å². The molecular formula is C14H10Cl2N2S. The Morgan fingerprint density at radius 1 is 1.00 bits per heavy atom. The molecule has 1 aromatic heterocycles. The van der Waals surface area contributed by atoms with E-state index in [4.69, 9.17) is 23.2 Å². The van der Waals surface area contributed by atoms with Gasteiger partial charge in [0.05, 0.1) is 17.6 Å². The van der Waals surface area contributed by atoms with E-state index < -0.39 is 0 Å². The Balaban J connectivity index is 2.13. The largest absolute Gasteiger partial charge is 0.315 e. The van der Waals surface area contributed by atoms with Crippen molar-refractivity contribution in [1.29, 1.82) is 0 Å². The van der Waals surface area contributed by atoms with Gasteiger partial charge < -0.3 is 4.57 Å². The maximum atomic E-state index is 6.21. The first-order chi connectivity index (χ1) is 9.16. The van der Waals surface area contributed by atoms with Crippen LogP contribution in [0.3, 0.4) is 0 Å². The summed E-state index contributed by atoms with van der Waals surface area (Å²) in [4.78, 5) is 4.41. The van der Waals surface area contributed by atoms with Crippen molar-refractivity contribution in [3.05, 3.63) is 58.1 Å². The number of fused-ring (bicyclic) bond motifs is 1. The molecule has 0 aliphatic carbocycles. The van der Waals surface area contributed by atoms with Gasteiger partial charge in [0, 0.05) is 15.6 Å². The Morgan fingerprint density at radius 2 is 1.68 bits per heavy atom. The maximum Gasteiger partial charge on any atom is 0.166 e. The molecule has 0 aliphatic heterocycles. The predicted molar refractivity (Wildman–Crippen MR) is 82.5 cm³/mol. The number of imidazole rings is 1. The molecule has 0 bridgehead atoms. The Bertz CT molecular complexity index is 732. The minimum atomic E-state index is 0.553. The summed E-state index contributed by atoms with van der Waals surface area (Å²) >= 11 is 16.8. The van der Waals surface area contributed by atoms with Crippen LogP contribution in [-0.4, -0.2) is 9.55 Å². The van der Waals surface area contributed by atoms with Crippen molar-refractivity contribution >= 4 is 46.9 Å². The van der Waals surface area contributed by atoms with Gasteiger partial charge in [-0.2, -0.15) is 0 Å². The molecule has 2 aromatic carbocycles. The molecule has 3 aromatic rings. The van der Waals surface area contributed by atoms with Gasteiger partial charge in [0.15, 0.2) is 5.16 Å². The summed E-state index contributed by atoms with van der Waals surface area (Å²) in [6, 6.07) is 13.4. The lowest BCUT2D eigenvalue weighted by Crippen LogP contribution is -2.01. The molecule has 3 rings (SSSR count). The van der Waals surface area contributed by atoms with Gasteiger partial charge in [0.2, 0.25) is 0 Å². The van der Waals surface area contributed by atoms with Crippen LogP contribution in [0.25, 0.3) is 11.0 Å². The molecule has 0 atom stereocenters. The third-order valence-electron chi connectivity index (χ3n) is 3.01. The fraction of sp³-hybridized carbons (Fsp3) is 0.0714. The number of benzene rings is 2. The highest BCUT2D eigenvalue weighted by molar-refractivity contribution is 7.80. The fourth-order valence-corrected chi connectivity index (χ4v) is 2.86. The number of para-hydroxylation sites is 2. The average molecular weight is 309 g/mol. The zero-order valence-corrected chi connectivity index (χ0v) is 12.3. The van der Waals surface area contributed by atoms with Gasteiger partial charge >= 0.3 is 0 Å². The van der Waals surface area contributed by atoms with Crippen LogP contribution in [0, 0.1) is 0 Å². The molecule has 0 aliphatic rings. The molecule has 96 valence electrons. The summed E-state index contributed by atoms with van der Waals surface area (Å²) in [6.07, 6.45) is 0. The number of thiol groups is 1. The molecule has 19 heavy (non-hydrogen) atoms. The zero-order valence-electron chi connectivity index (χ0n) is 9.85. The van der Waals surface area contributed by atoms with Gasteiger partial charge in [-0.05, 0) is 24.3 Å². The molecule has 1 heterocycles. The minimum absolute atomic E-state index is 0.553. The minimum Gasteiger partial charge on any atom is -0.315 e. The molecule has 0 N–H and O–H groups in total. The SMILES string of the molecule is Sc1nc2ccccc2n1Cc1c(Cl)cccc1Cl. The highest BCUT2D eigenvalue weighted by Gasteiger charge is 2.11. The Hall–Kier alpha value is -1.16. The molecular weight excluding hydrogens is 299 g/mol. The summed E-state index contributed by atoms with van der Waals surface area (Å²) in [5.41, 5.74) is 2.81. The highest BCUT2D eigenvalue weighted by atomic mass is 35.5. The average Bonchev–Trinajstić information content (AvgIpc) is 2.70. The van der Waals surface area contributed by atoms with Crippen LogP contribution in [0.15, 0.2) is 47.6 Å². The van der Waals surface area contributed by atoms with E-state index >= 15 is 0 Å². The van der Waals surface area contributed by atoms with Crippen LogP contribution in [-0.2, 0) is 6.54 Å². The smallest absolute Gasteiger partial charge is 0.166 e. The van der Waals surface area contributed by atoms with Crippen molar-refractivity contribution in [3.8, 4) is 0 Å². The molecule has 0 saturated heterocycles. The lowest BCUT2D eigenvalue weighted by atomic mass is 10.2. The standard InChI is InChI=1S/C14H10Cl2N2S/c15-10-4-3-5-11(16)9(10)8-18-13-7-2-1-6-12(13)17-14(18)19/h1-7H,8H2,(H,17,19). The topological polar surface area (TPSA) is 17.8 Å². The summed E-state index contributed by atoms with van der Waals surface area (Å²) in [6.45, 7) is 0.553. The van der Waals surface area contributed by atoms with Crippen LogP contribution >= 0.6 is 35.8 Å². The lowest BCUT2D eigenvalue weighted by molar-refractivity contribution is 0.734. The lowest BCUT2D eigenvalue weighted by Gasteiger charge is -2.10. The maximum absolute atomic E-state index is 6.21. The van der Waals surface area contributed by atoms with E-state index in [0.29, 0.717) is 21.7 Å². The third kappa shape index (κ3) is 2.34. The number of nitrogens with zero attached hydrogens (tertiary/aromatic N) is 2. The monoisotopic (exact) mass is 308 g/mol. The molecule has 5 heteroatoms. The van der Waals surface area contributed by atoms with Crippen molar-refractivity contribution in [2.75, 3.05) is 0 Å². The van der Waals surface area contributed by atoms with Crippen LogP contribution in [0.4, 0.5) is 0 Å². The zero-order chi connectivity index (χ0) is 13.4. The van der Waals surface area contributed by atoms with Crippen molar-refractivity contribution in [2.45, 2.75) is 11.7 Å².